The average molecular weight is 418 g/mol. The van der Waals surface area contributed by atoms with Gasteiger partial charge in [0.15, 0.2) is 0 Å². The number of hydroxylamine groups is 2. The van der Waals surface area contributed by atoms with Gasteiger partial charge < -0.3 is 11.1 Å². The number of hydrogen-bond acceptors (Lipinski definition) is 7. The summed E-state index contributed by atoms with van der Waals surface area (Å²) < 4.78 is 39.9. The Labute approximate surface area is 180 Å². The molecule has 2 saturated heterocycles. The standard InChI is InChI=1S/C13H22N4O8S.Na.H/c1-13(2,3)24-12(20)15(4)14-10(18)9-6-5-8-7-16(9)11(19)17(8)25-26(21,22)23;;/h8-9H,5-7H2,1-4H3,(H,14,18)(H,21,22,23);;/q;+1;-1/t8-,9+;;/m1../s1. The zero-order valence-electron chi connectivity index (χ0n) is 16.8. The molecule has 0 aliphatic carbocycles. The first-order chi connectivity index (χ1) is 11.8. The van der Waals surface area contributed by atoms with Crippen molar-refractivity contribution in [1.82, 2.24) is 20.4 Å². The molecule has 0 aromatic heterocycles. The van der Waals surface area contributed by atoms with E-state index in [1.165, 1.54) is 7.05 Å². The van der Waals surface area contributed by atoms with Gasteiger partial charge in [0.2, 0.25) is 0 Å². The van der Waals surface area contributed by atoms with E-state index in [9.17, 15) is 22.8 Å². The molecule has 2 fully saturated rings. The number of nitrogens with one attached hydrogen (secondary N) is 1. The molecule has 0 aromatic carbocycles. The Kier molecular flexibility index (Phi) is 7.52. The number of nitrogens with zero attached hydrogens (tertiary/aromatic N) is 3. The van der Waals surface area contributed by atoms with E-state index in [2.05, 4.69) is 9.71 Å². The summed E-state index contributed by atoms with van der Waals surface area (Å²) in [5.74, 6) is -0.626. The Hall–Kier alpha value is -1.12. The van der Waals surface area contributed by atoms with E-state index in [4.69, 9.17) is 9.29 Å². The molecule has 2 bridgehead atoms. The van der Waals surface area contributed by atoms with Crippen LogP contribution in [0.2, 0.25) is 0 Å². The van der Waals surface area contributed by atoms with Gasteiger partial charge in [-0.1, -0.05) is 0 Å². The van der Waals surface area contributed by atoms with Gasteiger partial charge in [-0.05, 0) is 33.6 Å². The Morgan fingerprint density at radius 2 is 1.93 bits per heavy atom. The zero-order chi connectivity index (χ0) is 19.9. The van der Waals surface area contributed by atoms with Crippen molar-refractivity contribution in [3.63, 3.8) is 0 Å². The van der Waals surface area contributed by atoms with Crippen molar-refractivity contribution in [2.45, 2.75) is 51.3 Å². The van der Waals surface area contributed by atoms with Crippen LogP contribution in [-0.2, 0) is 24.2 Å². The fourth-order valence-electron chi connectivity index (χ4n) is 2.72. The molecule has 0 radical (unpaired) electrons. The molecule has 12 nitrogen and oxygen atoms in total. The van der Waals surface area contributed by atoms with Gasteiger partial charge >= 0.3 is 52.1 Å². The number of hydrazine groups is 1. The molecule has 2 rings (SSSR count). The molecule has 2 aliphatic heterocycles. The molecule has 0 saturated carbocycles. The van der Waals surface area contributed by atoms with Gasteiger partial charge in [0.1, 0.15) is 11.6 Å². The number of rotatable bonds is 3. The van der Waals surface area contributed by atoms with E-state index >= 15 is 0 Å². The number of fused-ring (bicyclic) bond motifs is 2. The predicted octanol–water partition coefficient (Wildman–Crippen LogP) is -3.00. The normalized spacial score (nSPS) is 22.2. The first kappa shape index (κ1) is 23.9. The van der Waals surface area contributed by atoms with Crippen LogP contribution in [0.5, 0.6) is 0 Å². The fraction of sp³-hybridized carbons (Fsp3) is 0.769. The largest absolute Gasteiger partial charge is 1.00 e. The number of amides is 4. The molecular formula is C13H23N4NaO8S. The molecular weight excluding hydrogens is 395 g/mol. The minimum Gasteiger partial charge on any atom is -1.00 e. The van der Waals surface area contributed by atoms with Crippen LogP contribution in [0.15, 0.2) is 0 Å². The van der Waals surface area contributed by atoms with Gasteiger partial charge in [-0.3, -0.25) is 14.8 Å². The first-order valence-corrected chi connectivity index (χ1v) is 9.19. The summed E-state index contributed by atoms with van der Waals surface area (Å²) in [7, 11) is -3.55. The van der Waals surface area contributed by atoms with Crippen molar-refractivity contribution in [3.8, 4) is 0 Å². The van der Waals surface area contributed by atoms with E-state index in [-0.39, 0.29) is 50.4 Å². The topological polar surface area (TPSA) is 146 Å². The van der Waals surface area contributed by atoms with Crippen molar-refractivity contribution in [1.29, 1.82) is 0 Å². The summed E-state index contributed by atoms with van der Waals surface area (Å²) in [6.45, 7) is 5.08. The van der Waals surface area contributed by atoms with E-state index in [1.54, 1.807) is 20.8 Å². The molecule has 2 heterocycles. The van der Waals surface area contributed by atoms with Crippen molar-refractivity contribution in [2.75, 3.05) is 13.6 Å². The predicted molar refractivity (Wildman–Crippen MR) is 86.6 cm³/mol. The maximum absolute atomic E-state index is 12.4. The van der Waals surface area contributed by atoms with Crippen LogP contribution in [0, 0.1) is 0 Å². The third kappa shape index (κ3) is 6.19. The number of carbonyl (C=O) groups excluding carboxylic acids is 3. The SMILES string of the molecule is CN(NC(=O)[C@@H]1CC[C@@H]2CN1C(=O)N2OS(=O)(=O)O)C(=O)OC(C)(C)C.[H-].[Na+]. The number of hydrogen-bond donors (Lipinski definition) is 2. The number of piperidine rings is 1. The second kappa shape index (κ2) is 8.49. The molecule has 4 amide bonds. The van der Waals surface area contributed by atoms with Gasteiger partial charge in [-0.25, -0.2) is 14.6 Å². The quantitative estimate of drug-likeness (QED) is 0.280. The third-order valence-corrected chi connectivity index (χ3v) is 4.09. The van der Waals surface area contributed by atoms with Gasteiger partial charge in [0, 0.05) is 13.6 Å². The Bertz CT molecular complexity index is 716. The third-order valence-electron chi connectivity index (χ3n) is 3.75. The van der Waals surface area contributed by atoms with E-state index in [1.807, 2.05) is 0 Å². The van der Waals surface area contributed by atoms with Crippen molar-refractivity contribution < 1.29 is 67.4 Å². The second-order valence-electron chi connectivity index (χ2n) is 7.03. The summed E-state index contributed by atoms with van der Waals surface area (Å²) in [5.41, 5.74) is 1.59. The van der Waals surface area contributed by atoms with Crippen LogP contribution in [0.25, 0.3) is 0 Å². The van der Waals surface area contributed by atoms with Gasteiger partial charge in [-0.2, -0.15) is 13.5 Å². The maximum atomic E-state index is 12.4. The smallest absolute Gasteiger partial charge is 1.00 e. The molecule has 0 spiro atoms. The minimum atomic E-state index is -4.86. The average Bonchev–Trinajstić information content (AvgIpc) is 2.69. The van der Waals surface area contributed by atoms with Crippen molar-refractivity contribution in [2.24, 2.45) is 0 Å². The van der Waals surface area contributed by atoms with Crippen LogP contribution in [-0.4, -0.2) is 77.3 Å². The van der Waals surface area contributed by atoms with E-state index < -0.39 is 46.1 Å². The van der Waals surface area contributed by atoms with Crippen LogP contribution in [0.4, 0.5) is 9.59 Å². The molecule has 0 unspecified atom stereocenters. The summed E-state index contributed by atoms with van der Waals surface area (Å²) in [4.78, 5) is 37.7. The Balaban J connectivity index is 0.00000364. The van der Waals surface area contributed by atoms with Gasteiger partial charge in [0.25, 0.3) is 5.91 Å². The molecule has 0 aromatic rings. The van der Waals surface area contributed by atoms with Crippen LogP contribution >= 0.6 is 0 Å². The number of urea groups is 1. The summed E-state index contributed by atoms with van der Waals surface area (Å²) >= 11 is 0. The van der Waals surface area contributed by atoms with Crippen LogP contribution < -0.4 is 35.0 Å². The first-order valence-electron chi connectivity index (χ1n) is 7.82. The van der Waals surface area contributed by atoms with Crippen molar-refractivity contribution in [3.05, 3.63) is 0 Å². The van der Waals surface area contributed by atoms with E-state index in [0.717, 1.165) is 9.91 Å². The summed E-state index contributed by atoms with van der Waals surface area (Å²) in [6, 6.07) is -2.37. The summed E-state index contributed by atoms with van der Waals surface area (Å²) in [5, 5.41) is 1.41. The molecule has 150 valence electrons. The monoisotopic (exact) mass is 418 g/mol. The minimum absolute atomic E-state index is 0. The maximum Gasteiger partial charge on any atom is 1.00 e. The molecule has 14 heteroatoms. The van der Waals surface area contributed by atoms with Gasteiger partial charge in [0.05, 0.1) is 6.04 Å². The van der Waals surface area contributed by atoms with Gasteiger partial charge in [-0.15, -0.1) is 4.28 Å². The molecule has 27 heavy (non-hydrogen) atoms. The fourth-order valence-corrected chi connectivity index (χ4v) is 3.11. The molecule has 2 atom stereocenters. The van der Waals surface area contributed by atoms with E-state index in [0.29, 0.717) is 5.06 Å². The summed E-state index contributed by atoms with van der Waals surface area (Å²) in [6.07, 6.45) is -0.259. The number of carbonyl (C=O) groups is 3. The van der Waals surface area contributed by atoms with Crippen molar-refractivity contribution >= 4 is 28.4 Å². The molecule has 2 aliphatic rings. The second-order valence-corrected chi connectivity index (χ2v) is 8.03. The Morgan fingerprint density at radius 1 is 1.33 bits per heavy atom. The Morgan fingerprint density at radius 3 is 2.44 bits per heavy atom. The number of ether oxygens (including phenoxy) is 1. The zero-order valence-corrected chi connectivity index (χ0v) is 18.6. The molecule has 2 N–H and O–H groups in total. The van der Waals surface area contributed by atoms with Crippen LogP contribution in [0.1, 0.15) is 35.0 Å². The van der Waals surface area contributed by atoms with Crippen LogP contribution in [0.3, 0.4) is 0 Å².